The van der Waals surface area contributed by atoms with Gasteiger partial charge in [0.1, 0.15) is 5.82 Å². The first-order valence-corrected chi connectivity index (χ1v) is 11.5. The topological polar surface area (TPSA) is 115 Å². The Bertz CT molecular complexity index is 1330. The average Bonchev–Trinajstić information content (AvgIpc) is 2.82. The summed E-state index contributed by atoms with van der Waals surface area (Å²) < 4.78 is 41.8. The normalized spacial score (nSPS) is 15.2. The van der Waals surface area contributed by atoms with Crippen molar-refractivity contribution < 1.29 is 17.6 Å². The maximum atomic E-state index is 14.5. The standard InChI is InChI=1S/C21H22FN5O4S/c1-23-32(30,31)27-10-8-26(9-11-27)21(29)17-12-14(6-7-18(17)22)13-19-15-4-2-3-5-16(15)20(28)25-24-19/h2-7,12,23H,8-11,13H2,1H3,(H,25,28). The summed E-state index contributed by atoms with van der Waals surface area (Å²) in [5.74, 6) is -1.14. The maximum Gasteiger partial charge on any atom is 0.279 e. The summed E-state index contributed by atoms with van der Waals surface area (Å²) in [6, 6.07) is 11.4. The number of hydrogen-bond donors (Lipinski definition) is 2. The quantitative estimate of drug-likeness (QED) is 0.588. The van der Waals surface area contributed by atoms with E-state index in [-0.39, 0.29) is 37.3 Å². The van der Waals surface area contributed by atoms with E-state index in [4.69, 9.17) is 0 Å². The zero-order valence-electron chi connectivity index (χ0n) is 17.3. The molecule has 1 aliphatic heterocycles. The van der Waals surface area contributed by atoms with E-state index in [0.717, 1.165) is 0 Å². The number of benzene rings is 2. The lowest BCUT2D eigenvalue weighted by molar-refractivity contribution is 0.0692. The molecule has 32 heavy (non-hydrogen) atoms. The highest BCUT2D eigenvalue weighted by molar-refractivity contribution is 7.87. The molecule has 11 heteroatoms. The molecule has 0 atom stereocenters. The van der Waals surface area contributed by atoms with E-state index >= 15 is 0 Å². The molecule has 4 rings (SSSR count). The first-order chi connectivity index (χ1) is 15.3. The van der Waals surface area contributed by atoms with Gasteiger partial charge < -0.3 is 4.90 Å². The number of H-pyrrole nitrogens is 1. The number of nitrogens with zero attached hydrogens (tertiary/aromatic N) is 3. The van der Waals surface area contributed by atoms with Gasteiger partial charge in [-0.2, -0.15) is 17.8 Å². The van der Waals surface area contributed by atoms with Crippen LogP contribution in [0.4, 0.5) is 4.39 Å². The van der Waals surface area contributed by atoms with Gasteiger partial charge in [0.2, 0.25) is 0 Å². The number of aromatic nitrogens is 2. The lowest BCUT2D eigenvalue weighted by atomic mass is 10.0. The molecule has 2 N–H and O–H groups in total. The minimum atomic E-state index is -3.57. The van der Waals surface area contributed by atoms with Crippen LogP contribution in [0.25, 0.3) is 10.8 Å². The highest BCUT2D eigenvalue weighted by Crippen LogP contribution is 2.20. The number of aromatic amines is 1. The van der Waals surface area contributed by atoms with Gasteiger partial charge in [-0.25, -0.2) is 14.2 Å². The number of carbonyl (C=O) groups is 1. The van der Waals surface area contributed by atoms with Crippen LogP contribution >= 0.6 is 0 Å². The number of nitrogens with one attached hydrogen (secondary N) is 2. The summed E-state index contributed by atoms with van der Waals surface area (Å²) in [4.78, 5) is 26.4. The Morgan fingerprint density at radius 3 is 2.50 bits per heavy atom. The Hall–Kier alpha value is -3.15. The second-order valence-electron chi connectivity index (χ2n) is 7.44. The zero-order valence-corrected chi connectivity index (χ0v) is 18.2. The van der Waals surface area contributed by atoms with Crippen LogP contribution in [0.3, 0.4) is 0 Å². The Balaban J connectivity index is 1.56. The molecule has 0 spiro atoms. The Kier molecular flexibility index (Phi) is 6.04. The van der Waals surface area contributed by atoms with Gasteiger partial charge in [0, 0.05) is 45.0 Å². The smallest absolute Gasteiger partial charge is 0.279 e. The molecule has 1 aromatic heterocycles. The molecule has 9 nitrogen and oxygen atoms in total. The maximum absolute atomic E-state index is 14.5. The number of amides is 1. The van der Waals surface area contributed by atoms with Crippen molar-refractivity contribution >= 4 is 26.9 Å². The van der Waals surface area contributed by atoms with Crippen molar-refractivity contribution in [3.8, 4) is 0 Å². The number of piperazine rings is 1. The predicted molar refractivity (Wildman–Crippen MR) is 117 cm³/mol. The predicted octanol–water partition coefficient (Wildman–Crippen LogP) is 0.875. The van der Waals surface area contributed by atoms with Gasteiger partial charge in [-0.3, -0.25) is 9.59 Å². The number of fused-ring (bicyclic) bond motifs is 1. The van der Waals surface area contributed by atoms with E-state index in [2.05, 4.69) is 14.9 Å². The number of halogens is 1. The molecule has 168 valence electrons. The summed E-state index contributed by atoms with van der Waals surface area (Å²) >= 11 is 0. The third kappa shape index (κ3) is 4.27. The van der Waals surface area contributed by atoms with Crippen molar-refractivity contribution in [1.82, 2.24) is 24.1 Å². The fourth-order valence-corrected chi connectivity index (χ4v) is 4.68. The SMILES string of the molecule is CNS(=O)(=O)N1CCN(C(=O)c2cc(Cc3n[nH]c(=O)c4ccccc34)ccc2F)CC1. The van der Waals surface area contributed by atoms with Crippen molar-refractivity contribution in [2.45, 2.75) is 6.42 Å². The van der Waals surface area contributed by atoms with Crippen molar-refractivity contribution in [1.29, 1.82) is 0 Å². The Morgan fingerprint density at radius 2 is 1.81 bits per heavy atom. The molecular formula is C21H22FN5O4S. The summed E-state index contributed by atoms with van der Waals surface area (Å²) in [5.41, 5.74) is 0.895. The van der Waals surface area contributed by atoms with E-state index in [1.807, 2.05) is 0 Å². The van der Waals surface area contributed by atoms with Crippen molar-refractivity contribution in [3.05, 3.63) is 75.5 Å². The van der Waals surface area contributed by atoms with E-state index < -0.39 is 21.9 Å². The fraction of sp³-hybridized carbons (Fsp3) is 0.286. The molecule has 0 saturated carbocycles. The summed E-state index contributed by atoms with van der Waals surface area (Å²) in [6.45, 7) is 0.581. The fourth-order valence-electron chi connectivity index (χ4n) is 3.78. The molecule has 2 aromatic carbocycles. The molecule has 1 amide bonds. The first kappa shape index (κ1) is 22.1. The molecular weight excluding hydrogens is 437 g/mol. The molecule has 1 saturated heterocycles. The van der Waals surface area contributed by atoms with Gasteiger partial charge in [-0.15, -0.1) is 0 Å². The molecule has 1 aliphatic rings. The average molecular weight is 460 g/mol. The minimum Gasteiger partial charge on any atom is -0.336 e. The van der Waals surface area contributed by atoms with Crippen LogP contribution in [0.15, 0.2) is 47.3 Å². The van der Waals surface area contributed by atoms with Gasteiger partial charge in [0.05, 0.1) is 16.6 Å². The van der Waals surface area contributed by atoms with Crippen LogP contribution in [0.5, 0.6) is 0 Å². The number of hydrogen-bond acceptors (Lipinski definition) is 5. The van der Waals surface area contributed by atoms with Gasteiger partial charge in [0.25, 0.3) is 21.7 Å². The summed E-state index contributed by atoms with van der Waals surface area (Å²) in [6.07, 6.45) is 0.298. The summed E-state index contributed by atoms with van der Waals surface area (Å²) in [7, 11) is -2.24. The zero-order chi connectivity index (χ0) is 22.9. The van der Waals surface area contributed by atoms with E-state index in [0.29, 0.717) is 28.5 Å². The molecule has 2 heterocycles. The molecule has 0 bridgehead atoms. The lowest BCUT2D eigenvalue weighted by Crippen LogP contribution is -2.52. The van der Waals surface area contributed by atoms with Crippen LogP contribution in [0, 0.1) is 5.82 Å². The third-order valence-corrected chi connectivity index (χ3v) is 7.09. The van der Waals surface area contributed by atoms with Gasteiger partial charge in [-0.05, 0) is 23.8 Å². The molecule has 3 aromatic rings. The highest BCUT2D eigenvalue weighted by Gasteiger charge is 2.29. The second kappa shape index (κ2) is 8.77. The van der Waals surface area contributed by atoms with E-state index in [9.17, 15) is 22.4 Å². The van der Waals surface area contributed by atoms with Crippen molar-refractivity contribution in [2.75, 3.05) is 33.2 Å². The number of carbonyl (C=O) groups excluding carboxylic acids is 1. The van der Waals surface area contributed by atoms with Gasteiger partial charge in [-0.1, -0.05) is 24.3 Å². The van der Waals surface area contributed by atoms with Crippen LogP contribution < -0.4 is 10.3 Å². The van der Waals surface area contributed by atoms with Crippen molar-refractivity contribution in [3.63, 3.8) is 0 Å². The number of rotatable bonds is 5. The lowest BCUT2D eigenvalue weighted by Gasteiger charge is -2.33. The molecule has 0 unspecified atom stereocenters. The van der Waals surface area contributed by atoms with Crippen molar-refractivity contribution in [2.24, 2.45) is 0 Å². The minimum absolute atomic E-state index is 0.0823. The highest BCUT2D eigenvalue weighted by atomic mass is 32.2. The first-order valence-electron chi connectivity index (χ1n) is 10.0. The van der Waals surface area contributed by atoms with Gasteiger partial charge in [0.15, 0.2) is 0 Å². The van der Waals surface area contributed by atoms with Crippen LogP contribution in [0.2, 0.25) is 0 Å². The Labute approximate surface area is 184 Å². The largest absolute Gasteiger partial charge is 0.336 e. The van der Waals surface area contributed by atoms with Crippen LogP contribution in [0.1, 0.15) is 21.6 Å². The molecule has 0 aliphatic carbocycles. The molecule has 0 radical (unpaired) electrons. The third-order valence-electron chi connectivity index (χ3n) is 5.53. The van der Waals surface area contributed by atoms with Crippen LogP contribution in [-0.2, 0) is 16.6 Å². The molecule has 1 fully saturated rings. The second-order valence-corrected chi connectivity index (χ2v) is 9.31. The van der Waals surface area contributed by atoms with Crippen LogP contribution in [-0.4, -0.2) is 67.0 Å². The summed E-state index contributed by atoms with van der Waals surface area (Å²) in [5, 5.41) is 7.80. The Morgan fingerprint density at radius 1 is 1.12 bits per heavy atom. The van der Waals surface area contributed by atoms with E-state index in [1.165, 1.54) is 28.4 Å². The van der Waals surface area contributed by atoms with Gasteiger partial charge >= 0.3 is 0 Å². The monoisotopic (exact) mass is 459 g/mol. The van der Waals surface area contributed by atoms with E-state index in [1.54, 1.807) is 30.3 Å².